The lowest BCUT2D eigenvalue weighted by atomic mass is 9.56. The van der Waals surface area contributed by atoms with Crippen LogP contribution in [0.4, 0.5) is 26.3 Å². The van der Waals surface area contributed by atoms with Crippen LogP contribution in [-0.2, 0) is 0 Å². The zero-order valence-corrected chi connectivity index (χ0v) is 11.6. The second-order valence-electron chi connectivity index (χ2n) is 4.92. The molecule has 22 heavy (non-hydrogen) atoms. The topological polar surface area (TPSA) is 9.23 Å². The first-order chi connectivity index (χ1) is 10.2. The normalized spacial score (nSPS) is 25.1. The van der Waals surface area contributed by atoms with Crippen LogP contribution >= 0.6 is 0 Å². The van der Waals surface area contributed by atoms with Crippen molar-refractivity contribution >= 4 is 12.7 Å². The number of ether oxygens (including phenoxy) is 1. The summed E-state index contributed by atoms with van der Waals surface area (Å²) in [6, 6.07) is 1.29. The molecule has 0 saturated carbocycles. The van der Waals surface area contributed by atoms with E-state index in [0.29, 0.717) is 13.0 Å². The number of methoxy groups -OCH3 is 1. The zero-order chi connectivity index (χ0) is 16.7. The summed E-state index contributed by atoms with van der Waals surface area (Å²) in [7, 11) is 1.80. The molecule has 0 aliphatic heterocycles. The van der Waals surface area contributed by atoms with E-state index in [4.69, 9.17) is 0 Å². The average Bonchev–Trinajstić information content (AvgIpc) is 2.40. The van der Waals surface area contributed by atoms with Gasteiger partial charge in [0.1, 0.15) is 23.2 Å². The monoisotopic (exact) mass is 319 g/mol. The number of hydrogen-bond acceptors (Lipinski definition) is 1. The second-order valence-corrected chi connectivity index (χ2v) is 4.92. The molecule has 8 heteroatoms. The van der Waals surface area contributed by atoms with Gasteiger partial charge in [0, 0.05) is 11.9 Å². The quantitative estimate of drug-likeness (QED) is 0.608. The molecule has 2 atom stereocenters. The van der Waals surface area contributed by atoms with E-state index in [9.17, 15) is 26.3 Å². The summed E-state index contributed by atoms with van der Waals surface area (Å²) >= 11 is 0. The number of allylic oxidation sites excluding steroid dienone is 4. The maximum atomic E-state index is 13.8. The summed E-state index contributed by atoms with van der Waals surface area (Å²) in [5.74, 6) is -9.27. The smallest absolute Gasteiger partial charge is 0.182 e. The number of halogens is 6. The first kappa shape index (κ1) is 16.5. The SMILES string of the molecule is COc1c(F)cc(F)cc1[B]C1C(F)=CC(C)(F)C(F)=C1F. The third-order valence-electron chi connectivity index (χ3n) is 3.21. The van der Waals surface area contributed by atoms with Gasteiger partial charge in [-0.2, -0.15) is 0 Å². The molecule has 1 radical (unpaired) electrons. The molecule has 0 fully saturated rings. The minimum Gasteiger partial charge on any atom is -0.494 e. The van der Waals surface area contributed by atoms with Gasteiger partial charge in [0.05, 0.1) is 7.11 Å². The molecule has 2 unspecified atom stereocenters. The first-order valence-electron chi connectivity index (χ1n) is 6.18. The third kappa shape index (κ3) is 2.87. The Balaban J connectivity index is 2.44. The van der Waals surface area contributed by atoms with Crippen molar-refractivity contribution in [3.63, 3.8) is 0 Å². The van der Waals surface area contributed by atoms with E-state index in [0.717, 1.165) is 20.5 Å². The molecule has 117 valence electrons. The van der Waals surface area contributed by atoms with Gasteiger partial charge in [-0.1, -0.05) is 0 Å². The maximum Gasteiger partial charge on any atom is 0.182 e. The summed E-state index contributed by atoms with van der Waals surface area (Å²) in [6.45, 7) is 0.653. The fraction of sp³-hybridized carbons (Fsp3) is 0.286. The lowest BCUT2D eigenvalue weighted by Crippen LogP contribution is -2.30. The van der Waals surface area contributed by atoms with Gasteiger partial charge in [-0.25, -0.2) is 26.3 Å². The van der Waals surface area contributed by atoms with E-state index < -0.39 is 46.4 Å². The van der Waals surface area contributed by atoms with Crippen LogP contribution in [0.3, 0.4) is 0 Å². The lowest BCUT2D eigenvalue weighted by molar-refractivity contribution is 0.233. The highest BCUT2D eigenvalue weighted by atomic mass is 19.2. The molecule has 1 aromatic rings. The van der Waals surface area contributed by atoms with E-state index in [2.05, 4.69) is 4.74 Å². The van der Waals surface area contributed by atoms with Crippen LogP contribution in [0.25, 0.3) is 0 Å². The Morgan fingerprint density at radius 2 is 1.77 bits per heavy atom. The van der Waals surface area contributed by atoms with Crippen molar-refractivity contribution in [2.24, 2.45) is 0 Å². The van der Waals surface area contributed by atoms with Crippen molar-refractivity contribution in [2.45, 2.75) is 18.4 Å². The maximum absolute atomic E-state index is 13.8. The Hall–Kier alpha value is -1.86. The molecule has 1 aliphatic rings. The van der Waals surface area contributed by atoms with Crippen LogP contribution in [-0.4, -0.2) is 20.1 Å². The van der Waals surface area contributed by atoms with Gasteiger partial charge in [-0.3, -0.25) is 0 Å². The molecule has 0 heterocycles. The van der Waals surface area contributed by atoms with E-state index in [1.165, 1.54) is 0 Å². The Bertz CT molecular complexity index is 668. The predicted octanol–water partition coefficient (Wildman–Crippen LogP) is 3.84. The highest BCUT2D eigenvalue weighted by molar-refractivity contribution is 6.57. The molecule has 0 bridgehead atoms. The predicted molar refractivity (Wildman–Crippen MR) is 70.0 cm³/mol. The molecule has 0 spiro atoms. The summed E-state index contributed by atoms with van der Waals surface area (Å²) < 4.78 is 86.2. The van der Waals surface area contributed by atoms with Crippen molar-refractivity contribution in [3.05, 3.63) is 47.3 Å². The fourth-order valence-electron chi connectivity index (χ4n) is 2.15. The van der Waals surface area contributed by atoms with E-state index in [-0.39, 0.29) is 11.5 Å². The molecule has 1 nitrogen and oxygen atoms in total. The molecule has 0 saturated heterocycles. The molecule has 2 rings (SSSR count). The van der Waals surface area contributed by atoms with Crippen LogP contribution in [0.15, 0.2) is 35.7 Å². The number of alkyl halides is 1. The Morgan fingerprint density at radius 1 is 1.14 bits per heavy atom. The second kappa shape index (κ2) is 5.74. The van der Waals surface area contributed by atoms with Crippen LogP contribution in [0.2, 0.25) is 5.82 Å². The number of benzene rings is 1. The third-order valence-corrected chi connectivity index (χ3v) is 3.21. The summed E-state index contributed by atoms with van der Waals surface area (Å²) in [5, 5.41) is 0. The van der Waals surface area contributed by atoms with E-state index in [1.807, 2.05) is 0 Å². The summed E-state index contributed by atoms with van der Waals surface area (Å²) in [6.07, 6.45) is 0.273. The highest BCUT2D eigenvalue weighted by Gasteiger charge is 2.41. The van der Waals surface area contributed by atoms with Crippen molar-refractivity contribution in [1.29, 1.82) is 0 Å². The minimum atomic E-state index is -2.91. The molecule has 1 aliphatic carbocycles. The van der Waals surface area contributed by atoms with Gasteiger partial charge in [0.15, 0.2) is 24.6 Å². The number of rotatable bonds is 3. The highest BCUT2D eigenvalue weighted by Crippen LogP contribution is 2.43. The van der Waals surface area contributed by atoms with Crippen molar-refractivity contribution in [3.8, 4) is 5.75 Å². The van der Waals surface area contributed by atoms with Gasteiger partial charge >= 0.3 is 0 Å². The standard InChI is InChI=1S/C14H10BF6O/c1-14(21)5-9(18)10(11(19)13(14)20)15-7-3-6(16)4-8(17)12(7)22-2/h3-5,10H,1-2H3. The molecule has 0 aromatic heterocycles. The molecule has 0 amide bonds. The van der Waals surface area contributed by atoms with E-state index in [1.54, 1.807) is 0 Å². The van der Waals surface area contributed by atoms with Gasteiger partial charge in [-0.05, 0) is 24.5 Å². The van der Waals surface area contributed by atoms with Crippen LogP contribution < -0.4 is 10.2 Å². The van der Waals surface area contributed by atoms with E-state index >= 15 is 0 Å². The summed E-state index contributed by atoms with van der Waals surface area (Å²) in [5.41, 5.74) is -3.23. The summed E-state index contributed by atoms with van der Waals surface area (Å²) in [4.78, 5) is 0. The van der Waals surface area contributed by atoms with Crippen molar-refractivity contribution in [1.82, 2.24) is 0 Å². The van der Waals surface area contributed by atoms with Gasteiger partial charge in [0.2, 0.25) is 0 Å². The van der Waals surface area contributed by atoms with Gasteiger partial charge < -0.3 is 4.74 Å². The van der Waals surface area contributed by atoms with Crippen molar-refractivity contribution in [2.75, 3.05) is 7.11 Å². The van der Waals surface area contributed by atoms with Crippen LogP contribution in [0, 0.1) is 11.6 Å². The molecule has 0 N–H and O–H groups in total. The zero-order valence-electron chi connectivity index (χ0n) is 11.6. The lowest BCUT2D eigenvalue weighted by Gasteiger charge is -2.25. The Morgan fingerprint density at radius 3 is 2.36 bits per heavy atom. The van der Waals surface area contributed by atoms with Gasteiger partial charge in [0.25, 0.3) is 0 Å². The number of hydrogen-bond donors (Lipinski definition) is 0. The molecule has 1 aromatic carbocycles. The van der Waals surface area contributed by atoms with Crippen LogP contribution in [0.5, 0.6) is 5.75 Å². The van der Waals surface area contributed by atoms with Crippen LogP contribution in [0.1, 0.15) is 6.92 Å². The minimum absolute atomic E-state index is 0.273. The van der Waals surface area contributed by atoms with Crippen molar-refractivity contribution < 1.29 is 31.1 Å². The first-order valence-corrected chi connectivity index (χ1v) is 6.18. The Kier molecular flexibility index (Phi) is 4.31. The largest absolute Gasteiger partial charge is 0.494 e. The Labute approximate surface area is 123 Å². The van der Waals surface area contributed by atoms with Gasteiger partial charge in [-0.15, -0.1) is 0 Å². The molecular formula is C14H10BF6O. The average molecular weight is 319 g/mol. The fourth-order valence-corrected chi connectivity index (χ4v) is 2.15. The molecular weight excluding hydrogens is 309 g/mol.